The first kappa shape index (κ1) is 15.3. The summed E-state index contributed by atoms with van der Waals surface area (Å²) in [6.07, 6.45) is 2.49. The molecule has 2 aromatic rings. The Morgan fingerprint density at radius 2 is 2.22 bits per heavy atom. The van der Waals surface area contributed by atoms with Gasteiger partial charge in [0.2, 0.25) is 0 Å². The predicted molar refractivity (Wildman–Crippen MR) is 88.0 cm³/mol. The molecule has 1 amide bonds. The molecule has 0 saturated heterocycles. The maximum atomic E-state index is 12.0. The monoisotopic (exact) mass is 312 g/mol. The number of aryl methyl sites for hydroxylation is 1. The molecule has 2 heterocycles. The van der Waals surface area contributed by atoms with E-state index in [4.69, 9.17) is 9.47 Å². The minimum absolute atomic E-state index is 0.0874. The molecule has 0 saturated carbocycles. The highest BCUT2D eigenvalue weighted by Gasteiger charge is 2.32. The molecule has 1 aromatic heterocycles. The predicted octanol–water partition coefficient (Wildman–Crippen LogP) is 3.12. The first-order valence-corrected chi connectivity index (χ1v) is 7.59. The Morgan fingerprint density at radius 1 is 1.39 bits per heavy atom. The Hall–Kier alpha value is -2.56. The lowest BCUT2D eigenvalue weighted by Gasteiger charge is -2.18. The van der Waals surface area contributed by atoms with Crippen molar-refractivity contribution < 1.29 is 14.3 Å². The Balaban J connectivity index is 1.63. The number of hydrogen-bond acceptors (Lipinski definition) is 4. The van der Waals surface area contributed by atoms with E-state index in [-0.39, 0.29) is 18.1 Å². The molecule has 0 aliphatic carbocycles. The van der Waals surface area contributed by atoms with Gasteiger partial charge in [-0.1, -0.05) is 12.1 Å². The van der Waals surface area contributed by atoms with Gasteiger partial charge >= 0.3 is 0 Å². The zero-order chi connectivity index (χ0) is 16.4. The Labute approximate surface area is 135 Å². The second-order valence-electron chi connectivity index (χ2n) is 6.34. The van der Waals surface area contributed by atoms with E-state index >= 15 is 0 Å². The van der Waals surface area contributed by atoms with Crippen LogP contribution in [0.2, 0.25) is 0 Å². The van der Waals surface area contributed by atoms with Crippen LogP contribution in [0, 0.1) is 6.92 Å². The van der Waals surface area contributed by atoms with Gasteiger partial charge in [-0.3, -0.25) is 4.79 Å². The molecule has 0 fully saturated rings. The van der Waals surface area contributed by atoms with Gasteiger partial charge in [0.1, 0.15) is 11.4 Å². The van der Waals surface area contributed by atoms with Crippen molar-refractivity contribution >= 4 is 11.7 Å². The molecule has 0 atom stereocenters. The fraction of sp³-hybridized carbons (Fsp3) is 0.333. The number of nitrogens with zero attached hydrogens (tertiary/aromatic N) is 1. The third-order valence-electron chi connectivity index (χ3n) is 3.60. The molecule has 1 aliphatic rings. The smallest absolute Gasteiger partial charge is 0.263 e. The van der Waals surface area contributed by atoms with Gasteiger partial charge in [0, 0.05) is 18.2 Å². The van der Waals surface area contributed by atoms with Crippen LogP contribution < -0.4 is 14.8 Å². The first-order chi connectivity index (χ1) is 10.9. The van der Waals surface area contributed by atoms with Crippen LogP contribution in [0.25, 0.3) is 0 Å². The van der Waals surface area contributed by atoms with Crippen LogP contribution in [0.4, 0.5) is 5.82 Å². The van der Waals surface area contributed by atoms with E-state index in [2.05, 4.69) is 10.3 Å². The molecule has 0 unspecified atom stereocenters. The third-order valence-corrected chi connectivity index (χ3v) is 3.60. The molecular formula is C18H20N2O3. The van der Waals surface area contributed by atoms with Gasteiger partial charge in [0.15, 0.2) is 18.1 Å². The lowest BCUT2D eigenvalue weighted by Crippen LogP contribution is -2.25. The highest BCUT2D eigenvalue weighted by Crippen LogP contribution is 2.41. The average molecular weight is 312 g/mol. The number of carbonyl (C=O) groups excluding carboxylic acids is 1. The van der Waals surface area contributed by atoms with Crippen molar-refractivity contribution in [3.8, 4) is 11.5 Å². The number of pyridine rings is 1. The highest BCUT2D eigenvalue weighted by atomic mass is 16.5. The van der Waals surface area contributed by atoms with Gasteiger partial charge in [0.25, 0.3) is 5.91 Å². The number of rotatable bonds is 4. The first-order valence-electron chi connectivity index (χ1n) is 7.59. The SMILES string of the molecule is Cc1ccnc(NC(=O)COc2cccc3c2OC(C)(C)C3)c1. The summed E-state index contributed by atoms with van der Waals surface area (Å²) >= 11 is 0. The van der Waals surface area contributed by atoms with Crippen molar-refractivity contribution in [1.29, 1.82) is 0 Å². The van der Waals surface area contributed by atoms with Crippen molar-refractivity contribution in [2.24, 2.45) is 0 Å². The molecule has 1 aliphatic heterocycles. The van der Waals surface area contributed by atoms with E-state index in [0.29, 0.717) is 11.6 Å². The topological polar surface area (TPSA) is 60.5 Å². The number of ether oxygens (including phenoxy) is 2. The Kier molecular flexibility index (Phi) is 3.94. The summed E-state index contributed by atoms with van der Waals surface area (Å²) in [4.78, 5) is 16.1. The maximum absolute atomic E-state index is 12.0. The van der Waals surface area contributed by atoms with Crippen LogP contribution in [-0.2, 0) is 11.2 Å². The summed E-state index contributed by atoms with van der Waals surface area (Å²) in [5.41, 5.74) is 1.90. The van der Waals surface area contributed by atoms with Crippen molar-refractivity contribution in [1.82, 2.24) is 4.98 Å². The maximum Gasteiger partial charge on any atom is 0.263 e. The molecule has 3 rings (SSSR count). The number of carbonyl (C=O) groups is 1. The summed E-state index contributed by atoms with van der Waals surface area (Å²) in [6, 6.07) is 9.44. The van der Waals surface area contributed by atoms with Crippen molar-refractivity contribution in [3.63, 3.8) is 0 Å². The second kappa shape index (κ2) is 5.91. The Bertz CT molecular complexity index is 741. The molecule has 5 heteroatoms. The zero-order valence-electron chi connectivity index (χ0n) is 13.6. The van der Waals surface area contributed by atoms with Crippen LogP contribution in [0.3, 0.4) is 0 Å². The van der Waals surface area contributed by atoms with Gasteiger partial charge < -0.3 is 14.8 Å². The van der Waals surface area contributed by atoms with Crippen LogP contribution in [0.5, 0.6) is 11.5 Å². The van der Waals surface area contributed by atoms with Crippen molar-refractivity contribution in [2.45, 2.75) is 32.8 Å². The summed E-state index contributed by atoms with van der Waals surface area (Å²) in [5.74, 6) is 1.60. The van der Waals surface area contributed by atoms with E-state index in [1.165, 1.54) is 0 Å². The summed E-state index contributed by atoms with van der Waals surface area (Å²) in [5, 5.41) is 2.72. The van der Waals surface area contributed by atoms with Crippen LogP contribution in [0.1, 0.15) is 25.0 Å². The number of benzene rings is 1. The van der Waals surface area contributed by atoms with Crippen LogP contribution >= 0.6 is 0 Å². The fourth-order valence-corrected chi connectivity index (χ4v) is 2.63. The van der Waals surface area contributed by atoms with Crippen LogP contribution in [-0.4, -0.2) is 23.1 Å². The van der Waals surface area contributed by atoms with E-state index < -0.39 is 0 Å². The van der Waals surface area contributed by atoms with Crippen molar-refractivity contribution in [3.05, 3.63) is 47.7 Å². The lowest BCUT2D eigenvalue weighted by atomic mass is 10.0. The summed E-state index contributed by atoms with van der Waals surface area (Å²) < 4.78 is 11.6. The molecule has 23 heavy (non-hydrogen) atoms. The van der Waals surface area contributed by atoms with E-state index in [1.807, 2.05) is 51.1 Å². The molecule has 0 bridgehead atoms. The highest BCUT2D eigenvalue weighted by molar-refractivity contribution is 5.91. The fourth-order valence-electron chi connectivity index (χ4n) is 2.63. The quantitative estimate of drug-likeness (QED) is 0.942. The molecule has 0 spiro atoms. The zero-order valence-corrected chi connectivity index (χ0v) is 13.6. The number of aromatic nitrogens is 1. The lowest BCUT2D eigenvalue weighted by molar-refractivity contribution is -0.118. The van der Waals surface area contributed by atoms with Gasteiger partial charge in [-0.15, -0.1) is 0 Å². The molecular weight excluding hydrogens is 292 g/mol. The molecule has 1 aromatic carbocycles. The van der Waals surface area contributed by atoms with Crippen molar-refractivity contribution in [2.75, 3.05) is 11.9 Å². The average Bonchev–Trinajstić information content (AvgIpc) is 2.79. The second-order valence-corrected chi connectivity index (χ2v) is 6.34. The minimum Gasteiger partial charge on any atom is -0.483 e. The minimum atomic E-state index is -0.252. The summed E-state index contributed by atoms with van der Waals surface area (Å²) in [6.45, 7) is 5.93. The number of anilines is 1. The number of amides is 1. The molecule has 1 N–H and O–H groups in total. The third kappa shape index (κ3) is 3.62. The number of fused-ring (bicyclic) bond motifs is 1. The van der Waals surface area contributed by atoms with E-state index in [0.717, 1.165) is 23.3 Å². The molecule has 120 valence electrons. The van der Waals surface area contributed by atoms with Crippen LogP contribution in [0.15, 0.2) is 36.5 Å². The molecule has 5 nitrogen and oxygen atoms in total. The standard InChI is InChI=1S/C18H20N2O3/c1-12-7-8-19-15(9-12)20-16(21)11-22-14-6-4-5-13-10-18(2,3)23-17(13)14/h4-9H,10-11H2,1-3H3,(H,19,20,21). The number of hydrogen-bond donors (Lipinski definition) is 1. The molecule has 0 radical (unpaired) electrons. The van der Waals surface area contributed by atoms with Gasteiger partial charge in [-0.05, 0) is 44.5 Å². The van der Waals surface area contributed by atoms with Gasteiger partial charge in [0.05, 0.1) is 0 Å². The number of nitrogens with one attached hydrogen (secondary N) is 1. The number of para-hydroxylation sites is 1. The summed E-state index contributed by atoms with van der Waals surface area (Å²) in [7, 11) is 0. The Morgan fingerprint density at radius 3 is 3.00 bits per heavy atom. The van der Waals surface area contributed by atoms with E-state index in [1.54, 1.807) is 6.20 Å². The normalized spacial score (nSPS) is 14.7. The largest absolute Gasteiger partial charge is 0.483 e. The van der Waals surface area contributed by atoms with Gasteiger partial charge in [-0.25, -0.2) is 4.98 Å². The van der Waals surface area contributed by atoms with E-state index in [9.17, 15) is 4.79 Å². The van der Waals surface area contributed by atoms with Gasteiger partial charge in [-0.2, -0.15) is 0 Å².